The van der Waals surface area contributed by atoms with E-state index in [0.29, 0.717) is 48.0 Å². The summed E-state index contributed by atoms with van der Waals surface area (Å²) in [5.74, 6) is -0.745. The first-order chi connectivity index (χ1) is 19.0. The first-order valence-electron chi connectivity index (χ1n) is 11.8. The van der Waals surface area contributed by atoms with Gasteiger partial charge in [-0.2, -0.15) is 18.3 Å². The summed E-state index contributed by atoms with van der Waals surface area (Å²) in [6.45, 7) is 1.74. The number of amides is 3. The lowest BCUT2D eigenvalue weighted by Gasteiger charge is -2.25. The molecule has 0 unspecified atom stereocenters. The van der Waals surface area contributed by atoms with Gasteiger partial charge in [-0.25, -0.2) is 18.7 Å². The molecule has 1 saturated heterocycles. The minimum Gasteiger partial charge on any atom is -0.382 e. The fourth-order valence-electron chi connectivity index (χ4n) is 4.38. The molecule has 1 aliphatic rings. The van der Waals surface area contributed by atoms with Crippen molar-refractivity contribution in [3.05, 3.63) is 70.9 Å². The molecule has 5 N–H and O–H groups in total. The lowest BCUT2D eigenvalue weighted by atomic mass is 10.1. The topological polar surface area (TPSA) is 130 Å². The summed E-state index contributed by atoms with van der Waals surface area (Å²) in [6.07, 6.45) is -3.35. The summed E-state index contributed by atoms with van der Waals surface area (Å²) in [5, 5.41) is 11.4. The molecular formula is C25H21ClF4N8O2. The van der Waals surface area contributed by atoms with Crippen molar-refractivity contribution in [2.45, 2.75) is 12.7 Å². The quantitative estimate of drug-likeness (QED) is 0.261. The van der Waals surface area contributed by atoms with Crippen molar-refractivity contribution in [2.24, 2.45) is 0 Å². The number of fused-ring (bicyclic) bond motifs is 1. The van der Waals surface area contributed by atoms with Crippen LogP contribution in [0.3, 0.4) is 0 Å². The molecule has 1 fully saturated rings. The molecular weight excluding hydrogens is 556 g/mol. The summed E-state index contributed by atoms with van der Waals surface area (Å²) >= 11 is 5.92. The van der Waals surface area contributed by atoms with Gasteiger partial charge in [-0.15, -0.1) is 0 Å². The monoisotopic (exact) mass is 576 g/mol. The van der Waals surface area contributed by atoms with E-state index >= 15 is 4.39 Å². The Bertz CT molecular complexity index is 1620. The predicted molar refractivity (Wildman–Crippen MR) is 140 cm³/mol. The zero-order chi connectivity index (χ0) is 28.6. The molecule has 5 rings (SSSR count). The van der Waals surface area contributed by atoms with Crippen LogP contribution in [0.15, 0.2) is 48.8 Å². The number of urea groups is 1. The molecule has 208 valence electrons. The zero-order valence-electron chi connectivity index (χ0n) is 20.5. The van der Waals surface area contributed by atoms with E-state index in [2.05, 4.69) is 26.0 Å². The number of nitrogens with two attached hydrogens (primary N) is 1. The molecule has 4 aromatic rings. The van der Waals surface area contributed by atoms with Gasteiger partial charge in [0.25, 0.3) is 0 Å². The van der Waals surface area contributed by atoms with Crippen LogP contribution in [0, 0.1) is 5.82 Å². The van der Waals surface area contributed by atoms with Gasteiger partial charge in [0.1, 0.15) is 17.7 Å². The fourth-order valence-corrected chi connectivity index (χ4v) is 4.54. The van der Waals surface area contributed by atoms with Crippen LogP contribution in [0.1, 0.15) is 11.3 Å². The third-order valence-electron chi connectivity index (χ3n) is 6.23. The summed E-state index contributed by atoms with van der Waals surface area (Å²) in [4.78, 5) is 30.2. The zero-order valence-corrected chi connectivity index (χ0v) is 21.3. The Hall–Kier alpha value is -4.43. The first kappa shape index (κ1) is 27.1. The SMILES string of the molecule is Nc1ncnn2c(CN3CCNC(=O)C3)cc(-c3ccc(NC(=O)Nc4cc(C(F)(F)F)ccc4Cl)c(F)c3)c12. The number of nitrogens with one attached hydrogen (secondary N) is 3. The average molecular weight is 577 g/mol. The number of alkyl halides is 3. The second-order valence-electron chi connectivity index (χ2n) is 8.98. The van der Waals surface area contributed by atoms with E-state index in [1.54, 1.807) is 10.6 Å². The van der Waals surface area contributed by atoms with E-state index in [-0.39, 0.29) is 34.7 Å². The number of hydrogen-bond donors (Lipinski definition) is 4. The highest BCUT2D eigenvalue weighted by Gasteiger charge is 2.31. The number of hydrogen-bond acceptors (Lipinski definition) is 6. The van der Waals surface area contributed by atoms with E-state index in [9.17, 15) is 22.8 Å². The molecule has 3 amide bonds. The number of carbonyl (C=O) groups is 2. The largest absolute Gasteiger partial charge is 0.416 e. The lowest BCUT2D eigenvalue weighted by Crippen LogP contribution is -2.47. The number of halogens is 5. The molecule has 1 aliphatic heterocycles. The van der Waals surface area contributed by atoms with Gasteiger partial charge in [0.15, 0.2) is 5.82 Å². The average Bonchev–Trinajstić information content (AvgIpc) is 3.25. The summed E-state index contributed by atoms with van der Waals surface area (Å²) in [5.41, 5.74) is 6.69. The molecule has 0 atom stereocenters. The molecule has 0 aliphatic carbocycles. The van der Waals surface area contributed by atoms with Crippen molar-refractivity contribution >= 4 is 46.2 Å². The predicted octanol–water partition coefficient (Wildman–Crippen LogP) is 4.37. The molecule has 10 nitrogen and oxygen atoms in total. The normalized spacial score (nSPS) is 14.3. The number of anilines is 3. The van der Waals surface area contributed by atoms with E-state index in [4.69, 9.17) is 17.3 Å². The Balaban J connectivity index is 1.39. The second-order valence-corrected chi connectivity index (χ2v) is 9.39. The molecule has 0 bridgehead atoms. The number of nitrogens with zero attached hydrogens (tertiary/aromatic N) is 4. The van der Waals surface area contributed by atoms with Crippen molar-refractivity contribution in [1.82, 2.24) is 24.8 Å². The summed E-state index contributed by atoms with van der Waals surface area (Å²) < 4.78 is 55.7. The van der Waals surface area contributed by atoms with Gasteiger partial charge in [-0.1, -0.05) is 17.7 Å². The van der Waals surface area contributed by atoms with Crippen LogP contribution in [0.5, 0.6) is 0 Å². The number of nitrogen functional groups attached to an aromatic ring is 1. The van der Waals surface area contributed by atoms with Gasteiger partial charge in [0, 0.05) is 25.2 Å². The van der Waals surface area contributed by atoms with Crippen molar-refractivity contribution < 1.29 is 27.2 Å². The van der Waals surface area contributed by atoms with Crippen molar-refractivity contribution in [3.8, 4) is 11.1 Å². The maximum absolute atomic E-state index is 15.1. The minimum absolute atomic E-state index is 0.0917. The van der Waals surface area contributed by atoms with Crippen LogP contribution in [-0.2, 0) is 17.5 Å². The maximum Gasteiger partial charge on any atom is 0.416 e. The molecule has 3 heterocycles. The fraction of sp³-hybridized carbons (Fsp3) is 0.200. The third kappa shape index (κ3) is 5.62. The number of benzene rings is 2. The van der Waals surface area contributed by atoms with E-state index in [1.807, 2.05) is 4.90 Å². The van der Waals surface area contributed by atoms with Crippen LogP contribution >= 0.6 is 11.6 Å². The number of aromatic nitrogens is 3. The Morgan fingerprint density at radius 1 is 1.12 bits per heavy atom. The number of piperazine rings is 1. The Morgan fingerprint density at radius 2 is 1.90 bits per heavy atom. The van der Waals surface area contributed by atoms with Crippen LogP contribution in [-0.4, -0.2) is 51.1 Å². The molecule has 0 radical (unpaired) electrons. The van der Waals surface area contributed by atoms with E-state index in [1.165, 1.54) is 24.5 Å². The Labute approximate surface area is 229 Å². The van der Waals surface area contributed by atoms with E-state index in [0.717, 1.165) is 12.1 Å². The highest BCUT2D eigenvalue weighted by Crippen LogP contribution is 2.35. The van der Waals surface area contributed by atoms with Gasteiger partial charge >= 0.3 is 12.2 Å². The van der Waals surface area contributed by atoms with E-state index < -0.39 is 23.6 Å². The number of rotatable bonds is 5. The maximum atomic E-state index is 15.1. The number of carbonyl (C=O) groups excluding carboxylic acids is 2. The van der Waals surface area contributed by atoms with Crippen LogP contribution in [0.2, 0.25) is 5.02 Å². The van der Waals surface area contributed by atoms with Crippen LogP contribution in [0.4, 0.5) is 39.5 Å². The van der Waals surface area contributed by atoms with Gasteiger partial charge in [0.05, 0.1) is 34.2 Å². The molecule has 2 aromatic carbocycles. The van der Waals surface area contributed by atoms with Gasteiger partial charge in [0.2, 0.25) is 5.91 Å². The van der Waals surface area contributed by atoms with Crippen molar-refractivity contribution in [3.63, 3.8) is 0 Å². The lowest BCUT2D eigenvalue weighted by molar-refractivity contribution is -0.137. The smallest absolute Gasteiger partial charge is 0.382 e. The second kappa shape index (κ2) is 10.6. The molecule has 2 aromatic heterocycles. The Morgan fingerprint density at radius 3 is 2.62 bits per heavy atom. The van der Waals surface area contributed by atoms with Gasteiger partial charge in [-0.05, 0) is 42.0 Å². The molecule has 15 heteroatoms. The van der Waals surface area contributed by atoms with Crippen molar-refractivity contribution in [2.75, 3.05) is 36.0 Å². The van der Waals surface area contributed by atoms with Crippen LogP contribution < -0.4 is 21.7 Å². The molecule has 40 heavy (non-hydrogen) atoms. The highest BCUT2D eigenvalue weighted by atomic mass is 35.5. The first-order valence-corrected chi connectivity index (χ1v) is 12.2. The van der Waals surface area contributed by atoms with Gasteiger partial charge in [-0.3, -0.25) is 9.69 Å². The minimum atomic E-state index is -4.64. The van der Waals surface area contributed by atoms with Crippen LogP contribution in [0.25, 0.3) is 16.6 Å². The highest BCUT2D eigenvalue weighted by molar-refractivity contribution is 6.33. The third-order valence-corrected chi connectivity index (χ3v) is 6.56. The molecule has 0 saturated carbocycles. The standard InChI is InChI=1S/C25H21ClF4N8O2/c26-17-3-2-14(25(28,29)30)8-20(17)36-24(40)35-19-4-1-13(7-18(19)27)16-9-15(10-37-6-5-32-21(39)11-37)38-22(16)23(31)33-12-34-38/h1-4,7-9,12H,5-6,10-11H2,(H,32,39)(H2,31,33,34)(H2,35,36,40). The Kier molecular flexibility index (Phi) is 7.21. The molecule has 0 spiro atoms. The van der Waals surface area contributed by atoms with Crippen molar-refractivity contribution in [1.29, 1.82) is 0 Å². The van der Waals surface area contributed by atoms with Gasteiger partial charge < -0.3 is 21.7 Å². The summed E-state index contributed by atoms with van der Waals surface area (Å²) in [7, 11) is 0. The summed E-state index contributed by atoms with van der Waals surface area (Å²) in [6, 6.07) is 7.26.